The SMILES string of the molecule is Cc1cccc(C)c1N1CC=C[C@]23O[C@]4(C)C=CCN(C)C(=O)[C@@H]4[C@H]2C(=O)N(CCCCO)C3C1=O. The Kier molecular flexibility index (Phi) is 6.08. The lowest BCUT2D eigenvalue weighted by Gasteiger charge is -2.38. The molecule has 0 aliphatic carbocycles. The monoisotopic (exact) mass is 493 g/mol. The van der Waals surface area contributed by atoms with Crippen LogP contribution in [0.1, 0.15) is 30.9 Å². The number of aliphatic hydroxyl groups is 1. The Morgan fingerprint density at radius 1 is 0.972 bits per heavy atom. The largest absolute Gasteiger partial charge is 0.396 e. The summed E-state index contributed by atoms with van der Waals surface area (Å²) in [6, 6.07) is 5.02. The fourth-order valence-electron chi connectivity index (χ4n) is 6.71. The van der Waals surface area contributed by atoms with Gasteiger partial charge in [0, 0.05) is 39.0 Å². The van der Waals surface area contributed by atoms with E-state index in [0.29, 0.717) is 32.5 Å². The second kappa shape index (κ2) is 8.85. The molecule has 1 aromatic rings. The Hall–Kier alpha value is -2.97. The minimum atomic E-state index is -1.25. The highest BCUT2D eigenvalue weighted by Crippen LogP contribution is 2.57. The van der Waals surface area contributed by atoms with Gasteiger partial charge in [0.2, 0.25) is 11.8 Å². The second-order valence-corrected chi connectivity index (χ2v) is 10.7. The van der Waals surface area contributed by atoms with Crippen LogP contribution >= 0.6 is 0 Å². The van der Waals surface area contributed by atoms with Crippen LogP contribution in [0.4, 0.5) is 5.69 Å². The van der Waals surface area contributed by atoms with E-state index in [2.05, 4.69) is 0 Å². The highest BCUT2D eigenvalue weighted by Gasteiger charge is 2.74. The van der Waals surface area contributed by atoms with Crippen LogP contribution in [-0.2, 0) is 19.1 Å². The molecule has 1 unspecified atom stereocenters. The van der Waals surface area contributed by atoms with Gasteiger partial charge < -0.3 is 24.5 Å². The Bertz CT molecular complexity index is 1140. The number of ether oxygens (including phenoxy) is 1. The molecule has 2 fully saturated rings. The van der Waals surface area contributed by atoms with E-state index in [1.165, 1.54) is 0 Å². The van der Waals surface area contributed by atoms with Crippen molar-refractivity contribution >= 4 is 23.4 Å². The van der Waals surface area contributed by atoms with E-state index < -0.39 is 29.1 Å². The summed E-state index contributed by atoms with van der Waals surface area (Å²) in [5, 5.41) is 9.36. The number of nitrogens with zero attached hydrogens (tertiary/aromatic N) is 3. The maximum Gasteiger partial charge on any atom is 0.253 e. The number of carbonyl (C=O) groups is 3. The third kappa shape index (κ3) is 3.45. The van der Waals surface area contributed by atoms with Crippen LogP contribution in [0, 0.1) is 25.7 Å². The highest BCUT2D eigenvalue weighted by atomic mass is 16.5. The van der Waals surface area contributed by atoms with Crippen LogP contribution in [0.15, 0.2) is 42.5 Å². The molecule has 3 amide bonds. The van der Waals surface area contributed by atoms with Gasteiger partial charge in [-0.05, 0) is 44.7 Å². The molecule has 5 atom stereocenters. The lowest BCUT2D eigenvalue weighted by molar-refractivity contribution is -0.148. The molecule has 8 heteroatoms. The molecule has 4 aliphatic heterocycles. The number of aliphatic hydroxyl groups excluding tert-OH is 1. The zero-order valence-electron chi connectivity index (χ0n) is 21.4. The fourth-order valence-corrected chi connectivity index (χ4v) is 6.71. The normalized spacial score (nSPS) is 33.5. The van der Waals surface area contributed by atoms with Gasteiger partial charge in [-0.2, -0.15) is 0 Å². The van der Waals surface area contributed by atoms with Crippen molar-refractivity contribution in [3.63, 3.8) is 0 Å². The second-order valence-electron chi connectivity index (χ2n) is 10.7. The smallest absolute Gasteiger partial charge is 0.253 e. The van der Waals surface area contributed by atoms with Crippen molar-refractivity contribution in [1.82, 2.24) is 9.80 Å². The first-order valence-electron chi connectivity index (χ1n) is 12.8. The van der Waals surface area contributed by atoms with Gasteiger partial charge in [-0.3, -0.25) is 14.4 Å². The molecular weight excluding hydrogens is 458 g/mol. The third-order valence-electron chi connectivity index (χ3n) is 8.27. The molecule has 0 saturated carbocycles. The molecule has 0 aromatic heterocycles. The standard InChI is InChI=1S/C28H35N3O5/c1-18-10-7-11-19(2)22(18)30-16-9-13-28-21(20-24(33)29(4)14-8-12-27(20,3)36-28)25(34)31(15-5-6-17-32)23(28)26(30)35/h7-13,20-21,23,32H,5-6,14-17H2,1-4H3/t20-,21-,23?,27+,28-/m0/s1. The van der Waals surface area contributed by atoms with Crippen LogP contribution in [-0.4, -0.2) is 83.2 Å². The average Bonchev–Trinajstić information content (AvgIpc) is 3.10. The molecule has 5 rings (SSSR count). The molecule has 1 spiro atoms. The Balaban J connectivity index is 1.65. The molecule has 4 aliphatic rings. The molecule has 0 radical (unpaired) electrons. The van der Waals surface area contributed by atoms with Crippen molar-refractivity contribution in [2.75, 3.05) is 38.2 Å². The van der Waals surface area contributed by atoms with Crippen molar-refractivity contribution in [3.05, 3.63) is 53.6 Å². The summed E-state index contributed by atoms with van der Waals surface area (Å²) in [6.07, 6.45) is 8.65. The summed E-state index contributed by atoms with van der Waals surface area (Å²) in [7, 11) is 1.73. The molecule has 2 saturated heterocycles. The predicted molar refractivity (Wildman–Crippen MR) is 135 cm³/mol. The van der Waals surface area contributed by atoms with E-state index in [1.807, 2.05) is 63.3 Å². The third-order valence-corrected chi connectivity index (χ3v) is 8.27. The highest BCUT2D eigenvalue weighted by molar-refractivity contribution is 6.06. The number of hydrogen-bond acceptors (Lipinski definition) is 5. The maximum absolute atomic E-state index is 14.4. The summed E-state index contributed by atoms with van der Waals surface area (Å²) < 4.78 is 6.79. The number of unbranched alkanes of at least 4 members (excludes halogenated alkanes) is 1. The Labute approximate surface area is 212 Å². The van der Waals surface area contributed by atoms with Crippen molar-refractivity contribution in [1.29, 1.82) is 0 Å². The average molecular weight is 494 g/mol. The van der Waals surface area contributed by atoms with E-state index in [-0.39, 0.29) is 24.3 Å². The zero-order valence-corrected chi connectivity index (χ0v) is 21.4. The summed E-state index contributed by atoms with van der Waals surface area (Å²) in [6.45, 7) is 6.93. The first-order chi connectivity index (χ1) is 17.2. The van der Waals surface area contributed by atoms with Crippen molar-refractivity contribution in [2.45, 2.75) is 50.9 Å². The van der Waals surface area contributed by atoms with Gasteiger partial charge in [-0.15, -0.1) is 0 Å². The molecule has 8 nitrogen and oxygen atoms in total. The minimum Gasteiger partial charge on any atom is -0.396 e. The van der Waals surface area contributed by atoms with E-state index in [4.69, 9.17) is 4.74 Å². The van der Waals surface area contributed by atoms with Crippen LogP contribution in [0.3, 0.4) is 0 Å². The Morgan fingerprint density at radius 3 is 2.36 bits per heavy atom. The van der Waals surface area contributed by atoms with Gasteiger partial charge >= 0.3 is 0 Å². The number of likely N-dealkylation sites (N-methyl/N-ethyl adjacent to an activating group) is 1. The number of carbonyl (C=O) groups excluding carboxylic acids is 3. The lowest BCUT2D eigenvalue weighted by atomic mass is 9.74. The molecular formula is C28H35N3O5. The van der Waals surface area contributed by atoms with Crippen molar-refractivity contribution in [3.8, 4) is 0 Å². The molecule has 192 valence electrons. The van der Waals surface area contributed by atoms with Gasteiger partial charge in [0.25, 0.3) is 5.91 Å². The zero-order chi connectivity index (χ0) is 25.8. The van der Waals surface area contributed by atoms with Gasteiger partial charge in [-0.1, -0.05) is 42.5 Å². The number of rotatable bonds is 5. The molecule has 36 heavy (non-hydrogen) atoms. The van der Waals surface area contributed by atoms with Crippen LogP contribution in [0.5, 0.6) is 0 Å². The quantitative estimate of drug-likeness (QED) is 0.501. The van der Waals surface area contributed by atoms with Gasteiger partial charge in [0.1, 0.15) is 11.6 Å². The number of para-hydroxylation sites is 1. The Morgan fingerprint density at radius 2 is 1.67 bits per heavy atom. The number of hydrogen-bond donors (Lipinski definition) is 1. The van der Waals surface area contributed by atoms with E-state index in [0.717, 1.165) is 16.8 Å². The van der Waals surface area contributed by atoms with E-state index in [1.54, 1.807) is 21.7 Å². The lowest BCUT2D eigenvalue weighted by Crippen LogP contribution is -2.56. The number of aryl methyl sites for hydroxylation is 2. The molecule has 1 N–H and O–H groups in total. The van der Waals surface area contributed by atoms with Crippen LogP contribution in [0.25, 0.3) is 0 Å². The fraction of sp³-hybridized carbons (Fsp3) is 0.536. The van der Waals surface area contributed by atoms with E-state index in [9.17, 15) is 19.5 Å². The number of fused-ring (bicyclic) bond motifs is 2. The van der Waals surface area contributed by atoms with Crippen molar-refractivity contribution < 1.29 is 24.2 Å². The summed E-state index contributed by atoms with van der Waals surface area (Å²) >= 11 is 0. The van der Waals surface area contributed by atoms with Gasteiger partial charge in [0.15, 0.2) is 0 Å². The summed E-state index contributed by atoms with van der Waals surface area (Å²) in [4.78, 5) is 47.1. The summed E-state index contributed by atoms with van der Waals surface area (Å²) in [5.74, 6) is -2.13. The molecule has 0 bridgehead atoms. The first kappa shape index (κ1) is 24.7. The van der Waals surface area contributed by atoms with Gasteiger partial charge in [-0.25, -0.2) is 0 Å². The molecule has 1 aromatic carbocycles. The van der Waals surface area contributed by atoms with E-state index >= 15 is 0 Å². The number of anilines is 1. The number of benzene rings is 1. The minimum absolute atomic E-state index is 0.00885. The van der Waals surface area contributed by atoms with Crippen LogP contribution in [0.2, 0.25) is 0 Å². The van der Waals surface area contributed by atoms with Crippen LogP contribution < -0.4 is 4.90 Å². The number of amides is 3. The first-order valence-corrected chi connectivity index (χ1v) is 12.8. The summed E-state index contributed by atoms with van der Waals surface area (Å²) in [5.41, 5.74) is 0.533. The van der Waals surface area contributed by atoms with Crippen molar-refractivity contribution in [2.24, 2.45) is 11.8 Å². The van der Waals surface area contributed by atoms with Gasteiger partial charge in [0.05, 0.1) is 17.4 Å². The number of likely N-dealkylation sites (tertiary alicyclic amines) is 1. The topological polar surface area (TPSA) is 90.4 Å². The molecule has 4 heterocycles. The predicted octanol–water partition coefficient (Wildman–Crippen LogP) is 1.98. The maximum atomic E-state index is 14.4.